The van der Waals surface area contributed by atoms with E-state index in [-0.39, 0.29) is 17.9 Å². The monoisotopic (exact) mass is 304 g/mol. The smallest absolute Gasteiger partial charge is 0.167 e. The average Bonchev–Trinajstić information content (AvgIpc) is 2.50. The quantitative estimate of drug-likeness (QED) is 0.906. The molecule has 0 radical (unpaired) electrons. The van der Waals surface area contributed by atoms with Crippen LogP contribution in [0.15, 0.2) is 18.2 Å². The van der Waals surface area contributed by atoms with Crippen LogP contribution in [0.5, 0.6) is 0 Å². The predicted octanol–water partition coefficient (Wildman–Crippen LogP) is 2.39. The van der Waals surface area contributed by atoms with Gasteiger partial charge in [0.25, 0.3) is 0 Å². The predicted molar refractivity (Wildman–Crippen MR) is 76.0 cm³/mol. The van der Waals surface area contributed by atoms with Crippen molar-refractivity contribution in [2.45, 2.75) is 20.0 Å². The fourth-order valence-electron chi connectivity index (χ4n) is 1.90. The Balaban J connectivity index is 2.15. The number of aliphatic hydroxyl groups is 1. The lowest BCUT2D eigenvalue weighted by molar-refractivity contribution is 0.191. The number of aromatic nitrogens is 2. The van der Waals surface area contributed by atoms with Gasteiger partial charge in [0.15, 0.2) is 17.5 Å². The van der Waals surface area contributed by atoms with Crippen molar-refractivity contribution in [3.63, 3.8) is 0 Å². The van der Waals surface area contributed by atoms with Crippen LogP contribution in [0.2, 0.25) is 0 Å². The van der Waals surface area contributed by atoms with Crippen LogP contribution in [-0.4, -0.2) is 21.8 Å². The molecule has 7 heteroatoms. The first-order valence-electron chi connectivity index (χ1n) is 6.55. The van der Waals surface area contributed by atoms with E-state index in [0.717, 1.165) is 12.1 Å². The molecule has 2 rings (SSSR count). The highest BCUT2D eigenvalue weighted by Crippen LogP contribution is 2.20. The molecule has 1 heterocycles. The zero-order chi connectivity index (χ0) is 16.3. The number of aryl methyl sites for hydroxylation is 1. The third-order valence-corrected chi connectivity index (χ3v) is 3.36. The molecule has 0 bridgehead atoms. The fourth-order valence-corrected chi connectivity index (χ4v) is 1.90. The summed E-state index contributed by atoms with van der Waals surface area (Å²) in [7, 11) is 0. The molecule has 0 aliphatic heterocycles. The van der Waals surface area contributed by atoms with E-state index < -0.39 is 17.7 Å². The van der Waals surface area contributed by atoms with E-state index in [2.05, 4.69) is 15.5 Å². The minimum Gasteiger partial charge on any atom is -0.387 e. The number of nitriles is 1. The van der Waals surface area contributed by atoms with Gasteiger partial charge in [0, 0.05) is 6.54 Å². The first-order chi connectivity index (χ1) is 10.4. The molecule has 0 aliphatic rings. The molecule has 114 valence electrons. The number of benzene rings is 1. The number of hydrogen-bond donors (Lipinski definition) is 2. The first-order valence-corrected chi connectivity index (χ1v) is 6.55. The molecule has 2 aromatic rings. The van der Waals surface area contributed by atoms with E-state index in [9.17, 15) is 13.9 Å². The normalized spacial score (nSPS) is 11.8. The molecule has 0 saturated heterocycles. The molecule has 0 saturated carbocycles. The van der Waals surface area contributed by atoms with Gasteiger partial charge in [0.05, 0.1) is 11.8 Å². The van der Waals surface area contributed by atoms with Crippen LogP contribution < -0.4 is 5.32 Å². The minimum atomic E-state index is -1.08. The number of nitrogens with zero attached hydrogens (tertiary/aromatic N) is 3. The second kappa shape index (κ2) is 6.45. The third kappa shape index (κ3) is 3.18. The van der Waals surface area contributed by atoms with Crippen LogP contribution in [0.4, 0.5) is 14.6 Å². The molecule has 2 N–H and O–H groups in total. The Morgan fingerprint density at radius 3 is 2.64 bits per heavy atom. The average molecular weight is 304 g/mol. The number of halogens is 2. The summed E-state index contributed by atoms with van der Waals surface area (Å²) in [5, 5.41) is 29.8. The van der Waals surface area contributed by atoms with E-state index in [1.807, 2.05) is 6.07 Å². The number of aliphatic hydroxyl groups excluding tert-OH is 1. The summed E-state index contributed by atoms with van der Waals surface area (Å²) in [6, 6.07) is 5.20. The van der Waals surface area contributed by atoms with Crippen molar-refractivity contribution in [3.05, 3.63) is 52.2 Å². The number of nitrogens with one attached hydrogen (secondary N) is 1. The number of anilines is 1. The van der Waals surface area contributed by atoms with E-state index in [4.69, 9.17) is 5.26 Å². The third-order valence-electron chi connectivity index (χ3n) is 3.36. The summed E-state index contributed by atoms with van der Waals surface area (Å²) < 4.78 is 26.0. The van der Waals surface area contributed by atoms with Gasteiger partial charge in [0.1, 0.15) is 11.6 Å². The van der Waals surface area contributed by atoms with Crippen LogP contribution in [0, 0.1) is 36.8 Å². The summed E-state index contributed by atoms with van der Waals surface area (Å²) in [5.41, 5.74) is 1.90. The van der Waals surface area contributed by atoms with Gasteiger partial charge in [-0.05, 0) is 37.1 Å². The summed E-state index contributed by atoms with van der Waals surface area (Å²) in [6.07, 6.45) is -1.08. The minimum absolute atomic E-state index is 0.0169. The Labute approximate surface area is 126 Å². The summed E-state index contributed by atoms with van der Waals surface area (Å²) in [6.45, 7) is 3.47. The molecule has 5 nitrogen and oxygen atoms in total. The van der Waals surface area contributed by atoms with Gasteiger partial charge >= 0.3 is 0 Å². The van der Waals surface area contributed by atoms with Crippen LogP contribution >= 0.6 is 0 Å². The zero-order valence-corrected chi connectivity index (χ0v) is 12.1. The van der Waals surface area contributed by atoms with Crippen molar-refractivity contribution in [3.8, 4) is 6.07 Å². The lowest BCUT2D eigenvalue weighted by atomic mass is 10.1. The largest absolute Gasteiger partial charge is 0.387 e. The molecular weight excluding hydrogens is 290 g/mol. The van der Waals surface area contributed by atoms with Crippen LogP contribution in [0.1, 0.15) is 28.5 Å². The van der Waals surface area contributed by atoms with Gasteiger partial charge in [-0.3, -0.25) is 0 Å². The number of rotatable bonds is 4. The molecule has 1 aromatic heterocycles. The van der Waals surface area contributed by atoms with Crippen molar-refractivity contribution in [1.29, 1.82) is 5.26 Å². The maximum atomic E-state index is 13.1. The van der Waals surface area contributed by atoms with Gasteiger partial charge in [-0.2, -0.15) is 10.4 Å². The van der Waals surface area contributed by atoms with Gasteiger partial charge in [-0.15, -0.1) is 5.10 Å². The standard InChI is InChI=1S/C15H14F2N4O/c1-8-9(2)20-21-15(11(8)6-18)19-7-14(22)10-3-4-12(16)13(17)5-10/h3-5,14,22H,7H2,1-2H3,(H,19,21). The van der Waals surface area contributed by atoms with E-state index >= 15 is 0 Å². The summed E-state index contributed by atoms with van der Waals surface area (Å²) in [5.74, 6) is -1.76. The molecule has 0 fully saturated rings. The molecule has 1 unspecified atom stereocenters. The van der Waals surface area contributed by atoms with Crippen molar-refractivity contribution in [1.82, 2.24) is 10.2 Å². The Hall–Kier alpha value is -2.59. The topological polar surface area (TPSA) is 81.8 Å². The summed E-state index contributed by atoms with van der Waals surface area (Å²) >= 11 is 0. The maximum Gasteiger partial charge on any atom is 0.167 e. The fraction of sp³-hybridized carbons (Fsp3) is 0.267. The lowest BCUT2D eigenvalue weighted by Crippen LogP contribution is -2.15. The Morgan fingerprint density at radius 1 is 1.27 bits per heavy atom. The van der Waals surface area contributed by atoms with Crippen molar-refractivity contribution < 1.29 is 13.9 Å². The molecular formula is C15H14F2N4O. The lowest BCUT2D eigenvalue weighted by Gasteiger charge is -2.14. The van der Waals surface area contributed by atoms with Crippen molar-refractivity contribution in [2.24, 2.45) is 0 Å². The van der Waals surface area contributed by atoms with Gasteiger partial charge in [-0.1, -0.05) is 6.07 Å². The van der Waals surface area contributed by atoms with Crippen molar-refractivity contribution in [2.75, 3.05) is 11.9 Å². The highest BCUT2D eigenvalue weighted by atomic mass is 19.2. The highest BCUT2D eigenvalue weighted by molar-refractivity contribution is 5.55. The Bertz CT molecular complexity index is 743. The second-order valence-electron chi connectivity index (χ2n) is 4.82. The SMILES string of the molecule is Cc1nnc(NCC(O)c2ccc(F)c(F)c2)c(C#N)c1C. The van der Waals surface area contributed by atoms with Crippen molar-refractivity contribution >= 4 is 5.82 Å². The molecule has 22 heavy (non-hydrogen) atoms. The van der Waals surface area contributed by atoms with Crippen LogP contribution in [-0.2, 0) is 0 Å². The highest BCUT2D eigenvalue weighted by Gasteiger charge is 2.14. The van der Waals surface area contributed by atoms with E-state index in [0.29, 0.717) is 16.8 Å². The Morgan fingerprint density at radius 2 is 2.00 bits per heavy atom. The molecule has 0 aliphatic carbocycles. The second-order valence-corrected chi connectivity index (χ2v) is 4.82. The van der Waals surface area contributed by atoms with Gasteiger partial charge in [-0.25, -0.2) is 8.78 Å². The molecule has 1 aromatic carbocycles. The summed E-state index contributed by atoms with van der Waals surface area (Å²) in [4.78, 5) is 0. The molecule has 1 atom stereocenters. The van der Waals surface area contributed by atoms with E-state index in [1.54, 1.807) is 13.8 Å². The van der Waals surface area contributed by atoms with Crippen LogP contribution in [0.25, 0.3) is 0 Å². The number of hydrogen-bond acceptors (Lipinski definition) is 5. The van der Waals surface area contributed by atoms with E-state index in [1.165, 1.54) is 6.07 Å². The molecule has 0 amide bonds. The molecule has 0 spiro atoms. The first kappa shape index (κ1) is 15.8. The van der Waals surface area contributed by atoms with Crippen LogP contribution in [0.3, 0.4) is 0 Å². The Kier molecular flexibility index (Phi) is 4.63. The zero-order valence-electron chi connectivity index (χ0n) is 12.1. The maximum absolute atomic E-state index is 13.1. The van der Waals surface area contributed by atoms with Gasteiger partial charge in [0.2, 0.25) is 0 Å². The van der Waals surface area contributed by atoms with Gasteiger partial charge < -0.3 is 10.4 Å².